The van der Waals surface area contributed by atoms with Crippen LogP contribution < -0.4 is 5.43 Å². The summed E-state index contributed by atoms with van der Waals surface area (Å²) < 4.78 is 16.0. The Kier molecular flexibility index (Phi) is 6.29. The molecule has 3 rings (SSSR count). The molecule has 0 amide bonds. The van der Waals surface area contributed by atoms with Gasteiger partial charge in [0.05, 0.1) is 23.2 Å². The van der Waals surface area contributed by atoms with Crippen LogP contribution in [0, 0.1) is 18.7 Å². The van der Waals surface area contributed by atoms with E-state index in [-0.39, 0.29) is 34.9 Å². The van der Waals surface area contributed by atoms with Crippen molar-refractivity contribution in [2.24, 2.45) is 5.92 Å². The zero-order valence-corrected chi connectivity index (χ0v) is 17.7. The lowest BCUT2D eigenvalue weighted by atomic mass is 9.96. The number of carboxylic acids is 1. The largest absolute Gasteiger partial charge is 0.477 e. The fourth-order valence-electron chi connectivity index (χ4n) is 3.67. The molecule has 0 unspecified atom stereocenters. The number of pyridine rings is 1. The molecule has 0 aliphatic carbocycles. The van der Waals surface area contributed by atoms with E-state index >= 15 is 0 Å². The number of hydrogen-bond donors (Lipinski definition) is 2. The highest BCUT2D eigenvalue weighted by Gasteiger charge is 2.22. The van der Waals surface area contributed by atoms with Gasteiger partial charge in [-0.15, -0.1) is 0 Å². The highest BCUT2D eigenvalue weighted by molar-refractivity contribution is 6.30. The van der Waals surface area contributed by atoms with Gasteiger partial charge in [-0.3, -0.25) is 4.79 Å². The van der Waals surface area contributed by atoms with Crippen LogP contribution >= 0.6 is 11.6 Å². The summed E-state index contributed by atoms with van der Waals surface area (Å²) in [6.45, 7) is 5.46. The number of aromatic carboxylic acids is 1. The van der Waals surface area contributed by atoms with Crippen LogP contribution in [0.1, 0.15) is 46.9 Å². The van der Waals surface area contributed by atoms with Crippen molar-refractivity contribution in [1.29, 1.82) is 0 Å². The maximum Gasteiger partial charge on any atom is 0.341 e. The first-order valence-corrected chi connectivity index (χ1v) is 9.98. The molecule has 30 heavy (non-hydrogen) atoms. The Balaban J connectivity index is 2.28. The smallest absolute Gasteiger partial charge is 0.341 e. The summed E-state index contributed by atoms with van der Waals surface area (Å²) in [5.74, 6) is -1.85. The van der Waals surface area contributed by atoms with E-state index in [1.807, 2.05) is 20.8 Å². The van der Waals surface area contributed by atoms with Crippen LogP contribution in [0.5, 0.6) is 0 Å². The van der Waals surface area contributed by atoms with E-state index < -0.39 is 23.3 Å². The number of aryl methyl sites for hydroxylation is 1. The predicted molar refractivity (Wildman–Crippen MR) is 115 cm³/mol. The van der Waals surface area contributed by atoms with Crippen LogP contribution in [-0.4, -0.2) is 27.4 Å². The van der Waals surface area contributed by atoms with Crippen molar-refractivity contribution in [3.63, 3.8) is 0 Å². The monoisotopic (exact) mass is 431 g/mol. The topological polar surface area (TPSA) is 79.5 Å². The minimum atomic E-state index is -1.33. The van der Waals surface area contributed by atoms with E-state index in [4.69, 9.17) is 11.6 Å². The molecular formula is C23H23ClFNO4. The molecule has 3 aromatic rings. The molecule has 1 aromatic heterocycles. The number of benzene rings is 2. The van der Waals surface area contributed by atoms with Gasteiger partial charge in [-0.2, -0.15) is 0 Å². The van der Waals surface area contributed by atoms with E-state index in [2.05, 4.69) is 0 Å². The molecule has 1 heterocycles. The van der Waals surface area contributed by atoms with Crippen LogP contribution in [-0.2, 0) is 6.42 Å². The van der Waals surface area contributed by atoms with Crippen molar-refractivity contribution < 1.29 is 19.4 Å². The third-order valence-electron chi connectivity index (χ3n) is 5.45. The summed E-state index contributed by atoms with van der Waals surface area (Å²) in [7, 11) is 0. The van der Waals surface area contributed by atoms with Crippen LogP contribution in [0.2, 0.25) is 5.02 Å². The molecule has 2 aromatic carbocycles. The number of aliphatic hydroxyl groups is 1. The van der Waals surface area contributed by atoms with Gasteiger partial charge in [0, 0.05) is 18.0 Å². The normalized spacial score (nSPS) is 12.5. The summed E-state index contributed by atoms with van der Waals surface area (Å²) in [6, 6.07) is 7.74. The van der Waals surface area contributed by atoms with Gasteiger partial charge in [-0.25, -0.2) is 9.18 Å². The van der Waals surface area contributed by atoms with Gasteiger partial charge < -0.3 is 14.8 Å². The molecule has 0 spiro atoms. The Morgan fingerprint density at radius 2 is 1.93 bits per heavy atom. The number of carboxylic acid groups (broad SMARTS) is 1. The van der Waals surface area contributed by atoms with Gasteiger partial charge in [0.15, 0.2) is 0 Å². The van der Waals surface area contributed by atoms with Crippen LogP contribution in [0.25, 0.3) is 10.9 Å². The number of rotatable bonds is 6. The van der Waals surface area contributed by atoms with E-state index in [9.17, 15) is 24.2 Å². The van der Waals surface area contributed by atoms with Gasteiger partial charge in [0.2, 0.25) is 5.43 Å². The van der Waals surface area contributed by atoms with Gasteiger partial charge in [0.25, 0.3) is 0 Å². The second-order valence-electron chi connectivity index (χ2n) is 7.76. The summed E-state index contributed by atoms with van der Waals surface area (Å²) in [4.78, 5) is 24.6. The van der Waals surface area contributed by atoms with Crippen molar-refractivity contribution in [3.8, 4) is 0 Å². The SMILES string of the molecule is Cc1cc2c(cc1Cc1cccc(Cl)c1F)c(=O)c(C(=O)O)cn2[C@H](CO)C(C)C. The third kappa shape index (κ3) is 3.98. The number of carbonyl (C=O) groups is 1. The minimum absolute atomic E-state index is 0.00267. The number of hydrogen-bond acceptors (Lipinski definition) is 3. The summed E-state index contributed by atoms with van der Waals surface area (Å²) in [5, 5.41) is 19.6. The molecule has 5 nitrogen and oxygen atoms in total. The number of halogens is 2. The van der Waals surface area contributed by atoms with E-state index in [1.165, 1.54) is 12.3 Å². The lowest BCUT2D eigenvalue weighted by molar-refractivity contribution is 0.0694. The average Bonchev–Trinajstić information content (AvgIpc) is 2.68. The third-order valence-corrected chi connectivity index (χ3v) is 5.74. The standard InChI is InChI=1S/C23H23ClFNO4/c1-12(2)20(11-27)26-10-17(23(29)30)22(28)16-9-15(13(3)7-19(16)26)8-14-5-4-6-18(24)21(14)25/h4-7,9-10,12,20,27H,8,11H2,1-3H3,(H,29,30)/t20-/m1/s1. The molecule has 7 heteroatoms. The van der Waals surface area contributed by atoms with Gasteiger partial charge in [-0.05, 0) is 47.7 Å². The molecule has 0 aliphatic rings. The average molecular weight is 432 g/mol. The van der Waals surface area contributed by atoms with E-state index in [0.717, 1.165) is 5.56 Å². The summed E-state index contributed by atoms with van der Waals surface area (Å²) >= 11 is 5.88. The molecule has 0 saturated heterocycles. The second-order valence-corrected chi connectivity index (χ2v) is 8.17. The van der Waals surface area contributed by atoms with Crippen LogP contribution in [0.3, 0.4) is 0 Å². The van der Waals surface area contributed by atoms with Crippen molar-refractivity contribution in [2.45, 2.75) is 33.2 Å². The second kappa shape index (κ2) is 8.58. The van der Waals surface area contributed by atoms with Crippen molar-refractivity contribution in [2.75, 3.05) is 6.61 Å². The number of fused-ring (bicyclic) bond motifs is 1. The zero-order chi connectivity index (χ0) is 22.2. The Morgan fingerprint density at radius 3 is 2.53 bits per heavy atom. The summed E-state index contributed by atoms with van der Waals surface area (Å²) in [5.41, 5.74) is 1.45. The molecule has 0 bridgehead atoms. The minimum Gasteiger partial charge on any atom is -0.477 e. The predicted octanol–water partition coefficient (Wildman–Crippen LogP) is 4.58. The Hall–Kier alpha value is -2.70. The van der Waals surface area contributed by atoms with E-state index in [0.29, 0.717) is 16.6 Å². The van der Waals surface area contributed by atoms with Gasteiger partial charge >= 0.3 is 5.97 Å². The van der Waals surface area contributed by atoms with Crippen molar-refractivity contribution >= 4 is 28.5 Å². The lowest BCUT2D eigenvalue weighted by Crippen LogP contribution is -2.25. The number of aliphatic hydroxyl groups excluding tert-OH is 1. The molecule has 158 valence electrons. The molecule has 0 saturated carbocycles. The van der Waals surface area contributed by atoms with Gasteiger partial charge in [-0.1, -0.05) is 37.6 Å². The Morgan fingerprint density at radius 1 is 1.23 bits per heavy atom. The Labute approximate surface area is 178 Å². The molecule has 2 N–H and O–H groups in total. The molecular weight excluding hydrogens is 409 g/mol. The maximum absolute atomic E-state index is 14.4. The number of aromatic nitrogens is 1. The Bertz CT molecular complexity index is 1190. The molecule has 0 radical (unpaired) electrons. The first kappa shape index (κ1) is 22.0. The quantitative estimate of drug-likeness (QED) is 0.598. The fourth-order valence-corrected chi connectivity index (χ4v) is 3.87. The first-order chi connectivity index (χ1) is 14.1. The zero-order valence-electron chi connectivity index (χ0n) is 16.9. The number of nitrogens with zero attached hydrogens (tertiary/aromatic N) is 1. The first-order valence-electron chi connectivity index (χ1n) is 9.61. The lowest BCUT2D eigenvalue weighted by Gasteiger charge is -2.25. The maximum atomic E-state index is 14.4. The highest BCUT2D eigenvalue weighted by Crippen LogP contribution is 2.27. The fraction of sp³-hybridized carbons (Fsp3) is 0.304. The highest BCUT2D eigenvalue weighted by atomic mass is 35.5. The molecule has 0 aliphatic heterocycles. The summed E-state index contributed by atoms with van der Waals surface area (Å²) in [6.07, 6.45) is 1.50. The van der Waals surface area contributed by atoms with Crippen molar-refractivity contribution in [3.05, 3.63) is 79.8 Å². The van der Waals surface area contributed by atoms with E-state index in [1.54, 1.807) is 28.8 Å². The van der Waals surface area contributed by atoms with Crippen LogP contribution in [0.15, 0.2) is 41.3 Å². The molecule has 1 atom stereocenters. The van der Waals surface area contributed by atoms with Gasteiger partial charge in [0.1, 0.15) is 11.4 Å². The van der Waals surface area contributed by atoms with Crippen molar-refractivity contribution in [1.82, 2.24) is 4.57 Å². The molecule has 0 fully saturated rings. The van der Waals surface area contributed by atoms with Crippen LogP contribution in [0.4, 0.5) is 4.39 Å².